The van der Waals surface area contributed by atoms with Gasteiger partial charge in [-0.2, -0.15) is 4.98 Å². The Labute approximate surface area is 146 Å². The fourth-order valence-electron chi connectivity index (χ4n) is 1.86. The van der Waals surface area contributed by atoms with Crippen LogP contribution in [0, 0.1) is 12.7 Å². The number of nitrogens with one attached hydrogen (secondary N) is 1. The van der Waals surface area contributed by atoms with E-state index in [1.165, 1.54) is 29.2 Å². The van der Waals surface area contributed by atoms with Crippen molar-refractivity contribution in [3.8, 4) is 11.4 Å². The first-order valence-electron chi connectivity index (χ1n) is 7.33. The first kappa shape index (κ1) is 16.8. The van der Waals surface area contributed by atoms with Crippen LogP contribution in [0.5, 0.6) is 0 Å². The van der Waals surface area contributed by atoms with Crippen molar-refractivity contribution in [2.45, 2.75) is 36.9 Å². The molecule has 1 N–H and O–H groups in total. The molecule has 126 valence electrons. The van der Waals surface area contributed by atoms with Crippen LogP contribution in [0.25, 0.3) is 11.4 Å². The van der Waals surface area contributed by atoms with Crippen LogP contribution >= 0.6 is 23.1 Å². The molecule has 0 atom stereocenters. The lowest BCUT2D eigenvalue weighted by molar-refractivity contribution is 0.391. The zero-order valence-corrected chi connectivity index (χ0v) is 15.0. The van der Waals surface area contributed by atoms with Gasteiger partial charge in [0, 0.05) is 11.6 Å². The zero-order valence-electron chi connectivity index (χ0n) is 13.4. The van der Waals surface area contributed by atoms with Crippen molar-refractivity contribution in [2.24, 2.45) is 0 Å². The minimum Gasteiger partial charge on any atom is -0.358 e. The first-order valence-corrected chi connectivity index (χ1v) is 9.13. The van der Waals surface area contributed by atoms with E-state index < -0.39 is 0 Å². The third-order valence-electron chi connectivity index (χ3n) is 3.04. The summed E-state index contributed by atoms with van der Waals surface area (Å²) in [6, 6.07) is 5.18. The summed E-state index contributed by atoms with van der Waals surface area (Å²) in [6.07, 6.45) is 0. The summed E-state index contributed by atoms with van der Waals surface area (Å²) in [7, 11) is 0. The fraction of sp³-hybridized carbons (Fsp3) is 0.333. The van der Waals surface area contributed by atoms with Gasteiger partial charge in [-0.1, -0.05) is 40.4 Å². The van der Waals surface area contributed by atoms with Crippen LogP contribution in [-0.2, 0) is 5.75 Å². The van der Waals surface area contributed by atoms with Gasteiger partial charge in [0.2, 0.25) is 16.8 Å². The Balaban J connectivity index is 1.63. The Morgan fingerprint density at radius 2 is 2.17 bits per heavy atom. The number of hydrogen-bond donors (Lipinski definition) is 1. The molecular weight excluding hydrogens is 349 g/mol. The number of rotatable bonds is 6. The van der Waals surface area contributed by atoms with Gasteiger partial charge in [-0.25, -0.2) is 4.39 Å². The molecule has 0 fully saturated rings. The largest absolute Gasteiger partial charge is 0.358 e. The topological polar surface area (TPSA) is 76.7 Å². The quantitative estimate of drug-likeness (QED) is 0.658. The molecule has 0 unspecified atom stereocenters. The number of aryl methyl sites for hydroxylation is 1. The maximum absolute atomic E-state index is 13.6. The van der Waals surface area contributed by atoms with Crippen molar-refractivity contribution in [1.29, 1.82) is 0 Å². The summed E-state index contributed by atoms with van der Waals surface area (Å²) >= 11 is 2.95. The smallest absolute Gasteiger partial charge is 0.237 e. The van der Waals surface area contributed by atoms with Crippen LogP contribution in [0.2, 0.25) is 0 Å². The Morgan fingerprint density at radius 3 is 2.92 bits per heavy atom. The van der Waals surface area contributed by atoms with Gasteiger partial charge in [0.1, 0.15) is 5.82 Å². The standard InChI is InChI=1S/C15H16FN5OS2/c1-8(2)17-14-19-20-15(24-14)23-7-12-18-13(21-22-12)10-5-4-9(3)11(16)6-10/h4-6,8H,7H2,1-3H3,(H,17,19). The van der Waals surface area contributed by atoms with E-state index in [0.29, 0.717) is 34.6 Å². The van der Waals surface area contributed by atoms with E-state index in [1.54, 1.807) is 19.1 Å². The number of benzene rings is 1. The number of nitrogens with zero attached hydrogens (tertiary/aromatic N) is 4. The van der Waals surface area contributed by atoms with E-state index >= 15 is 0 Å². The van der Waals surface area contributed by atoms with E-state index in [-0.39, 0.29) is 5.82 Å². The Hall–Kier alpha value is -2.00. The normalized spacial score (nSPS) is 11.2. The molecule has 6 nitrogen and oxygen atoms in total. The second-order valence-electron chi connectivity index (χ2n) is 5.44. The predicted molar refractivity (Wildman–Crippen MR) is 92.7 cm³/mol. The third kappa shape index (κ3) is 4.09. The van der Waals surface area contributed by atoms with Gasteiger partial charge in [-0.3, -0.25) is 0 Å². The molecular formula is C15H16FN5OS2. The van der Waals surface area contributed by atoms with Gasteiger partial charge in [0.25, 0.3) is 0 Å². The van der Waals surface area contributed by atoms with Crippen LogP contribution in [-0.4, -0.2) is 26.4 Å². The highest BCUT2D eigenvalue weighted by Gasteiger charge is 2.12. The average molecular weight is 365 g/mol. The van der Waals surface area contributed by atoms with Gasteiger partial charge in [-0.05, 0) is 32.4 Å². The molecule has 1 aromatic carbocycles. The number of hydrogen-bond acceptors (Lipinski definition) is 8. The summed E-state index contributed by atoms with van der Waals surface area (Å²) in [5.74, 6) is 1.04. The molecule has 0 radical (unpaired) electrons. The van der Waals surface area contributed by atoms with Gasteiger partial charge in [0.05, 0.1) is 5.75 Å². The van der Waals surface area contributed by atoms with E-state index in [2.05, 4.69) is 25.7 Å². The van der Waals surface area contributed by atoms with Gasteiger partial charge in [-0.15, -0.1) is 10.2 Å². The molecule has 3 rings (SSSR count). The Bertz CT molecular complexity index is 833. The molecule has 0 aliphatic rings. The molecule has 0 aliphatic heterocycles. The molecule has 0 amide bonds. The van der Waals surface area contributed by atoms with E-state index in [9.17, 15) is 4.39 Å². The number of thioether (sulfide) groups is 1. The Kier molecular flexibility index (Phi) is 5.10. The highest BCUT2D eigenvalue weighted by Crippen LogP contribution is 2.29. The predicted octanol–water partition coefficient (Wildman–Crippen LogP) is 4.15. The van der Waals surface area contributed by atoms with Crippen LogP contribution < -0.4 is 5.32 Å². The summed E-state index contributed by atoms with van der Waals surface area (Å²) in [4.78, 5) is 4.30. The lowest BCUT2D eigenvalue weighted by Gasteiger charge is -2.02. The summed E-state index contributed by atoms with van der Waals surface area (Å²) in [5.41, 5.74) is 1.18. The van der Waals surface area contributed by atoms with E-state index in [1.807, 2.05) is 13.8 Å². The van der Waals surface area contributed by atoms with Gasteiger partial charge < -0.3 is 9.84 Å². The van der Waals surface area contributed by atoms with Crippen molar-refractivity contribution in [2.75, 3.05) is 5.32 Å². The number of halogens is 1. The fourth-order valence-corrected chi connectivity index (χ4v) is 3.59. The van der Waals surface area contributed by atoms with Crippen LogP contribution in [0.4, 0.5) is 9.52 Å². The van der Waals surface area contributed by atoms with Crippen molar-refractivity contribution in [3.05, 3.63) is 35.5 Å². The molecule has 3 aromatic rings. The molecule has 0 aliphatic carbocycles. The second kappa shape index (κ2) is 7.27. The highest BCUT2D eigenvalue weighted by molar-refractivity contribution is 8.00. The molecule has 0 saturated carbocycles. The van der Waals surface area contributed by atoms with Crippen molar-refractivity contribution in [3.63, 3.8) is 0 Å². The van der Waals surface area contributed by atoms with Crippen molar-refractivity contribution >= 4 is 28.2 Å². The SMILES string of the molecule is Cc1ccc(-c2noc(CSc3nnc(NC(C)C)s3)n2)cc1F. The maximum atomic E-state index is 13.6. The summed E-state index contributed by atoms with van der Waals surface area (Å²) < 4.78 is 19.7. The molecule has 2 aromatic heterocycles. The summed E-state index contributed by atoms with van der Waals surface area (Å²) in [6.45, 7) is 5.80. The maximum Gasteiger partial charge on any atom is 0.237 e. The minimum atomic E-state index is -0.285. The highest BCUT2D eigenvalue weighted by atomic mass is 32.2. The monoisotopic (exact) mass is 365 g/mol. The molecule has 0 saturated heterocycles. The summed E-state index contributed by atoms with van der Waals surface area (Å²) in [5, 5.41) is 16.1. The lowest BCUT2D eigenvalue weighted by Crippen LogP contribution is -2.08. The van der Waals surface area contributed by atoms with Crippen LogP contribution in [0.1, 0.15) is 25.3 Å². The lowest BCUT2D eigenvalue weighted by atomic mass is 10.1. The van der Waals surface area contributed by atoms with Crippen LogP contribution in [0.15, 0.2) is 27.1 Å². The minimum absolute atomic E-state index is 0.285. The zero-order chi connectivity index (χ0) is 17.1. The van der Waals surface area contributed by atoms with Gasteiger partial charge in [0.15, 0.2) is 4.34 Å². The second-order valence-corrected chi connectivity index (χ2v) is 7.64. The van der Waals surface area contributed by atoms with E-state index in [4.69, 9.17) is 4.52 Å². The van der Waals surface area contributed by atoms with E-state index in [0.717, 1.165) is 9.47 Å². The first-order chi connectivity index (χ1) is 11.5. The van der Waals surface area contributed by atoms with Gasteiger partial charge >= 0.3 is 0 Å². The molecule has 2 heterocycles. The average Bonchev–Trinajstić information content (AvgIpc) is 3.17. The third-order valence-corrected chi connectivity index (χ3v) is 5.01. The molecule has 0 spiro atoms. The molecule has 0 bridgehead atoms. The Morgan fingerprint density at radius 1 is 1.33 bits per heavy atom. The van der Waals surface area contributed by atoms with Crippen molar-refractivity contribution in [1.82, 2.24) is 20.3 Å². The molecule has 9 heteroatoms. The van der Waals surface area contributed by atoms with Crippen molar-refractivity contribution < 1.29 is 8.91 Å². The number of aromatic nitrogens is 4. The molecule has 24 heavy (non-hydrogen) atoms. The van der Waals surface area contributed by atoms with Crippen LogP contribution in [0.3, 0.4) is 0 Å². The number of anilines is 1.